The van der Waals surface area contributed by atoms with Crippen LogP contribution in [0.15, 0.2) is 42.5 Å². The predicted octanol–water partition coefficient (Wildman–Crippen LogP) is 3.36. The van der Waals surface area contributed by atoms with Crippen LogP contribution >= 0.6 is 11.6 Å². The number of unbranched alkanes of at least 4 members (excludes halogenated alkanes) is 1. The van der Waals surface area contributed by atoms with Crippen LogP contribution in [-0.2, 0) is 26.2 Å². The number of nitro benzene ring substituents is 1. The maximum Gasteiger partial charge on any atom is 0.271 e. The van der Waals surface area contributed by atoms with Gasteiger partial charge in [-0.25, -0.2) is 8.42 Å². The second-order valence-electron chi connectivity index (χ2n) is 8.35. The van der Waals surface area contributed by atoms with Crippen LogP contribution < -0.4 is 14.4 Å². The molecule has 0 saturated heterocycles. The molecule has 0 unspecified atom stereocenters. The second-order valence-corrected chi connectivity index (χ2v) is 10.7. The van der Waals surface area contributed by atoms with Crippen molar-refractivity contribution in [3.63, 3.8) is 0 Å². The van der Waals surface area contributed by atoms with E-state index < -0.39 is 39.3 Å². The van der Waals surface area contributed by atoms with E-state index in [9.17, 15) is 28.1 Å². The first-order valence-corrected chi connectivity index (χ1v) is 13.7. The number of ether oxygens (including phenoxy) is 1. The van der Waals surface area contributed by atoms with E-state index in [2.05, 4.69) is 5.32 Å². The number of rotatable bonds is 13. The average molecular weight is 555 g/mol. The van der Waals surface area contributed by atoms with E-state index in [1.54, 1.807) is 31.2 Å². The van der Waals surface area contributed by atoms with Gasteiger partial charge in [0.2, 0.25) is 21.8 Å². The molecular weight excluding hydrogens is 524 g/mol. The second kappa shape index (κ2) is 13.2. The quantitative estimate of drug-likeness (QED) is 0.227. The van der Waals surface area contributed by atoms with Gasteiger partial charge in [0.1, 0.15) is 24.0 Å². The average Bonchev–Trinajstić information content (AvgIpc) is 2.85. The highest BCUT2D eigenvalue weighted by Gasteiger charge is 2.32. The van der Waals surface area contributed by atoms with Gasteiger partial charge in [-0.05, 0) is 37.1 Å². The van der Waals surface area contributed by atoms with Crippen molar-refractivity contribution in [2.45, 2.75) is 39.3 Å². The fraction of sp³-hybridized carbons (Fsp3) is 0.417. The number of nitrogens with one attached hydrogen (secondary N) is 1. The molecule has 37 heavy (non-hydrogen) atoms. The van der Waals surface area contributed by atoms with E-state index in [-0.39, 0.29) is 23.7 Å². The van der Waals surface area contributed by atoms with Crippen LogP contribution in [0.25, 0.3) is 0 Å². The van der Waals surface area contributed by atoms with Gasteiger partial charge in [0.25, 0.3) is 5.69 Å². The van der Waals surface area contributed by atoms with Crippen molar-refractivity contribution in [1.82, 2.24) is 10.2 Å². The van der Waals surface area contributed by atoms with Gasteiger partial charge in [-0.3, -0.25) is 24.0 Å². The molecule has 0 aliphatic rings. The molecule has 0 aliphatic heterocycles. The zero-order valence-electron chi connectivity index (χ0n) is 21.1. The standard InChI is InChI=1S/C24H31ClN4O7S/c1-5-6-13-26-24(31)17(2)27(15-18-7-9-19(25)10-8-18)23(30)16-28(37(4,34)35)21-14-20(29(32)33)11-12-22(21)36-3/h7-12,14,17H,5-6,13,15-16H2,1-4H3,(H,26,31)/t17-/m0/s1. The number of nitrogens with zero attached hydrogens (tertiary/aromatic N) is 3. The number of anilines is 1. The third kappa shape index (κ3) is 8.32. The van der Waals surface area contributed by atoms with Crippen molar-refractivity contribution in [3.05, 3.63) is 63.2 Å². The Morgan fingerprint density at radius 3 is 2.38 bits per heavy atom. The Kier molecular flexibility index (Phi) is 10.7. The van der Waals surface area contributed by atoms with Gasteiger partial charge in [-0.1, -0.05) is 37.1 Å². The maximum atomic E-state index is 13.6. The molecule has 0 aromatic heterocycles. The lowest BCUT2D eigenvalue weighted by Gasteiger charge is -2.31. The van der Waals surface area contributed by atoms with Gasteiger partial charge in [-0.2, -0.15) is 0 Å². The molecule has 2 rings (SSSR count). The Morgan fingerprint density at radius 2 is 1.84 bits per heavy atom. The summed E-state index contributed by atoms with van der Waals surface area (Å²) in [5.41, 5.74) is 0.127. The highest BCUT2D eigenvalue weighted by Crippen LogP contribution is 2.33. The summed E-state index contributed by atoms with van der Waals surface area (Å²) in [6.45, 7) is 3.25. The molecule has 0 radical (unpaired) electrons. The van der Waals surface area contributed by atoms with Gasteiger partial charge in [0.05, 0.1) is 18.3 Å². The summed E-state index contributed by atoms with van der Waals surface area (Å²) in [5, 5.41) is 14.6. The van der Waals surface area contributed by atoms with Crippen molar-refractivity contribution in [3.8, 4) is 5.75 Å². The molecule has 0 saturated carbocycles. The van der Waals surface area contributed by atoms with Crippen molar-refractivity contribution in [1.29, 1.82) is 0 Å². The first kappa shape index (κ1) is 29.8. The van der Waals surface area contributed by atoms with E-state index in [0.717, 1.165) is 29.5 Å². The molecule has 0 heterocycles. The minimum atomic E-state index is -4.10. The predicted molar refractivity (Wildman–Crippen MR) is 141 cm³/mol. The molecular formula is C24H31ClN4O7S. The Bertz CT molecular complexity index is 1220. The molecule has 0 aliphatic carbocycles. The number of carbonyl (C=O) groups is 2. The fourth-order valence-corrected chi connectivity index (χ4v) is 4.46. The summed E-state index contributed by atoms with van der Waals surface area (Å²) >= 11 is 5.97. The van der Waals surface area contributed by atoms with Crippen molar-refractivity contribution in [2.75, 3.05) is 30.8 Å². The number of methoxy groups -OCH3 is 1. The van der Waals surface area contributed by atoms with Gasteiger partial charge in [-0.15, -0.1) is 0 Å². The number of carbonyl (C=O) groups excluding carboxylic acids is 2. The third-order valence-corrected chi connectivity index (χ3v) is 6.96. The SMILES string of the molecule is CCCCNC(=O)[C@H](C)N(Cc1ccc(Cl)cc1)C(=O)CN(c1cc([N+](=O)[O-])ccc1OC)S(C)(=O)=O. The zero-order valence-corrected chi connectivity index (χ0v) is 22.7. The third-order valence-electron chi connectivity index (χ3n) is 5.58. The van der Waals surface area contributed by atoms with E-state index >= 15 is 0 Å². The minimum Gasteiger partial charge on any atom is -0.495 e. The van der Waals surface area contributed by atoms with E-state index in [1.165, 1.54) is 24.1 Å². The molecule has 1 N–H and O–H groups in total. The van der Waals surface area contributed by atoms with Crippen LogP contribution in [0.4, 0.5) is 11.4 Å². The molecule has 13 heteroatoms. The molecule has 2 aromatic rings. The normalized spacial score (nSPS) is 11.9. The fourth-order valence-electron chi connectivity index (χ4n) is 3.49. The largest absolute Gasteiger partial charge is 0.495 e. The minimum absolute atomic E-state index is 0.00202. The summed E-state index contributed by atoms with van der Waals surface area (Å²) in [4.78, 5) is 38.3. The van der Waals surface area contributed by atoms with Crippen molar-refractivity contribution in [2.24, 2.45) is 0 Å². The van der Waals surface area contributed by atoms with Crippen molar-refractivity contribution < 1.29 is 27.7 Å². The lowest BCUT2D eigenvalue weighted by Crippen LogP contribution is -2.51. The summed E-state index contributed by atoms with van der Waals surface area (Å²) in [6.07, 6.45) is 2.51. The van der Waals surface area contributed by atoms with Gasteiger partial charge >= 0.3 is 0 Å². The Hall–Kier alpha value is -3.38. The lowest BCUT2D eigenvalue weighted by molar-refractivity contribution is -0.384. The smallest absolute Gasteiger partial charge is 0.271 e. The lowest BCUT2D eigenvalue weighted by atomic mass is 10.1. The number of sulfonamides is 1. The van der Waals surface area contributed by atoms with Gasteiger partial charge in [0.15, 0.2) is 0 Å². The topological polar surface area (TPSA) is 139 Å². The zero-order chi connectivity index (χ0) is 27.8. The van der Waals surface area contributed by atoms with Crippen LogP contribution in [0.1, 0.15) is 32.3 Å². The van der Waals surface area contributed by atoms with Crippen LogP contribution in [-0.4, -0.2) is 62.6 Å². The Balaban J connectivity index is 2.47. The van der Waals surface area contributed by atoms with E-state index in [1.807, 2.05) is 6.92 Å². The number of non-ortho nitro benzene ring substituents is 1. The molecule has 202 valence electrons. The Labute approximate surface area is 221 Å². The highest BCUT2D eigenvalue weighted by molar-refractivity contribution is 7.92. The van der Waals surface area contributed by atoms with E-state index in [0.29, 0.717) is 17.1 Å². The first-order chi connectivity index (χ1) is 17.4. The first-order valence-electron chi connectivity index (χ1n) is 11.5. The van der Waals surface area contributed by atoms with Crippen LogP contribution in [0, 0.1) is 10.1 Å². The number of amides is 2. The Morgan fingerprint density at radius 1 is 1.19 bits per heavy atom. The molecule has 1 atom stereocenters. The van der Waals surface area contributed by atoms with E-state index in [4.69, 9.17) is 16.3 Å². The number of hydrogen-bond acceptors (Lipinski definition) is 7. The monoisotopic (exact) mass is 554 g/mol. The number of hydrogen-bond donors (Lipinski definition) is 1. The highest BCUT2D eigenvalue weighted by atomic mass is 35.5. The molecule has 0 fully saturated rings. The summed E-state index contributed by atoms with van der Waals surface area (Å²) < 4.78 is 31.4. The van der Waals surface area contributed by atoms with Crippen molar-refractivity contribution >= 4 is 44.8 Å². The van der Waals surface area contributed by atoms with Crippen LogP contribution in [0.3, 0.4) is 0 Å². The maximum absolute atomic E-state index is 13.6. The molecule has 0 bridgehead atoms. The number of benzene rings is 2. The number of halogens is 1. The van der Waals surface area contributed by atoms with Crippen LogP contribution in [0.5, 0.6) is 5.75 Å². The molecule has 0 spiro atoms. The summed E-state index contributed by atoms with van der Waals surface area (Å²) in [7, 11) is -2.82. The summed E-state index contributed by atoms with van der Waals surface area (Å²) in [5.74, 6) is -1.06. The molecule has 11 nitrogen and oxygen atoms in total. The molecule has 2 amide bonds. The molecule has 2 aromatic carbocycles. The number of nitro groups is 1. The van der Waals surface area contributed by atoms with Crippen LogP contribution in [0.2, 0.25) is 5.02 Å². The summed E-state index contributed by atoms with van der Waals surface area (Å²) in [6, 6.07) is 9.19. The van der Waals surface area contributed by atoms with Gasteiger partial charge < -0.3 is 15.0 Å². The van der Waals surface area contributed by atoms with Gasteiger partial charge in [0, 0.05) is 30.2 Å².